The lowest BCUT2D eigenvalue weighted by atomic mass is 9.85. The number of carbonyl (C=O) groups excluding carboxylic acids is 5. The number of amides is 5. The van der Waals surface area contributed by atoms with E-state index in [0.717, 1.165) is 40.1 Å². The van der Waals surface area contributed by atoms with Crippen molar-refractivity contribution in [2.24, 2.45) is 5.41 Å². The average molecular weight is 1100 g/mol. The van der Waals surface area contributed by atoms with Crippen LogP contribution in [0.4, 0.5) is 0 Å². The molecule has 1 aromatic heterocycles. The van der Waals surface area contributed by atoms with Gasteiger partial charge < -0.3 is 64.5 Å². The largest absolute Gasteiger partial charge is 0.507 e. The summed E-state index contributed by atoms with van der Waals surface area (Å²) in [4.78, 5) is 80.3. The lowest BCUT2D eigenvalue weighted by molar-refractivity contribution is -0.144. The zero-order valence-corrected chi connectivity index (χ0v) is 46.4. The molecule has 1 fully saturated rings. The smallest absolute Gasteiger partial charge is 0.257 e. The minimum Gasteiger partial charge on any atom is -0.507 e. The highest BCUT2D eigenvalue weighted by Crippen LogP contribution is 2.40. The molecule has 3 aromatic carbocycles. The molecule has 20 nitrogen and oxygen atoms in total. The molecule has 0 spiro atoms. The molecule has 1 aliphatic carbocycles. The number of aromatic hydroxyl groups is 1. The van der Waals surface area contributed by atoms with E-state index in [9.17, 15) is 34.2 Å². The maximum atomic E-state index is 14.0. The van der Waals surface area contributed by atoms with Crippen LogP contribution < -0.4 is 16.0 Å². The van der Waals surface area contributed by atoms with E-state index in [1.165, 1.54) is 21.4 Å². The second-order valence-electron chi connectivity index (χ2n) is 20.7. The number of likely N-dealkylation sites (tertiary alicyclic amines) is 1. The molecule has 0 radical (unpaired) electrons. The Bertz CT molecular complexity index is 2710. The minimum absolute atomic E-state index is 0.0125. The molecule has 3 heterocycles. The minimum atomic E-state index is -0.938. The number of hydrogen-bond donors (Lipinski definition) is 5. The maximum Gasteiger partial charge on any atom is 0.257 e. The Morgan fingerprint density at radius 3 is 2.13 bits per heavy atom. The third-order valence-electron chi connectivity index (χ3n) is 13.6. The van der Waals surface area contributed by atoms with E-state index in [0.29, 0.717) is 82.8 Å². The van der Waals surface area contributed by atoms with Crippen molar-refractivity contribution >= 4 is 46.6 Å². The van der Waals surface area contributed by atoms with Gasteiger partial charge in [0, 0.05) is 57.7 Å². The fourth-order valence-corrected chi connectivity index (χ4v) is 10.2. The first-order valence-electron chi connectivity index (χ1n) is 26.5. The van der Waals surface area contributed by atoms with Crippen molar-refractivity contribution in [2.45, 2.75) is 84.2 Å². The second kappa shape index (κ2) is 28.5. The number of aryl methyl sites for hydroxylation is 2. The van der Waals surface area contributed by atoms with Crippen LogP contribution in [0.5, 0.6) is 5.75 Å². The summed E-state index contributed by atoms with van der Waals surface area (Å²) >= 11 is 1.57. The number of benzene rings is 3. The van der Waals surface area contributed by atoms with Gasteiger partial charge in [-0.2, -0.15) is 0 Å². The first-order valence-corrected chi connectivity index (χ1v) is 27.4. The molecule has 3 aliphatic rings. The summed E-state index contributed by atoms with van der Waals surface area (Å²) in [6, 6.07) is 16.6. The molecule has 1 saturated heterocycles. The van der Waals surface area contributed by atoms with Gasteiger partial charge in [-0.25, -0.2) is 4.98 Å². The first-order chi connectivity index (χ1) is 37.5. The van der Waals surface area contributed by atoms with Crippen molar-refractivity contribution in [3.8, 4) is 16.2 Å². The van der Waals surface area contributed by atoms with Crippen LogP contribution in [-0.2, 0) is 55.9 Å². The summed E-state index contributed by atoms with van der Waals surface area (Å²) in [7, 11) is 3.26. The Kier molecular flexibility index (Phi) is 21.7. The van der Waals surface area contributed by atoms with Gasteiger partial charge in [0.05, 0.1) is 106 Å². The molecule has 0 saturated carbocycles. The topological polar surface area (TPSA) is 240 Å². The number of aromatic nitrogens is 1. The number of ether oxygens (including phenoxy) is 5. The molecule has 7 rings (SSSR count). The van der Waals surface area contributed by atoms with Crippen LogP contribution in [0.25, 0.3) is 16.2 Å². The molecule has 5 amide bonds. The Labute approximate surface area is 460 Å². The zero-order valence-electron chi connectivity index (χ0n) is 45.5. The van der Waals surface area contributed by atoms with Crippen LogP contribution in [0.1, 0.15) is 94.7 Å². The summed E-state index contributed by atoms with van der Waals surface area (Å²) in [6.45, 7) is 11.8. The number of nitrogens with zero attached hydrogens (tertiary/aromatic N) is 4. The van der Waals surface area contributed by atoms with Crippen molar-refractivity contribution in [3.05, 3.63) is 111 Å². The number of phenols is 1. The molecular weight excluding hydrogens is 1020 g/mol. The van der Waals surface area contributed by atoms with Crippen molar-refractivity contribution in [2.75, 3.05) is 99.8 Å². The molecule has 422 valence electrons. The fourth-order valence-electron chi connectivity index (χ4n) is 9.36. The van der Waals surface area contributed by atoms with E-state index >= 15 is 0 Å². The second-order valence-corrected chi connectivity index (χ2v) is 21.5. The van der Waals surface area contributed by atoms with E-state index in [-0.39, 0.29) is 80.1 Å². The molecule has 4 aromatic rings. The van der Waals surface area contributed by atoms with Crippen LogP contribution in [0.3, 0.4) is 0 Å². The van der Waals surface area contributed by atoms with E-state index in [1.807, 2.05) is 86.8 Å². The number of carbonyl (C=O) groups is 5. The highest BCUT2D eigenvalue weighted by atomic mass is 32.1. The molecule has 78 heavy (non-hydrogen) atoms. The summed E-state index contributed by atoms with van der Waals surface area (Å²) in [5.74, 6) is -1.16. The number of rotatable bonds is 28. The number of aliphatic hydroxyl groups is 1. The Morgan fingerprint density at radius 2 is 1.50 bits per heavy atom. The maximum absolute atomic E-state index is 14.0. The number of aliphatic hydroxyl groups excluding tert-OH is 1. The summed E-state index contributed by atoms with van der Waals surface area (Å²) in [5, 5.41) is 31.7. The van der Waals surface area contributed by atoms with E-state index in [1.54, 1.807) is 37.6 Å². The number of nitrogens with one attached hydrogen (secondary N) is 3. The quantitative estimate of drug-likeness (QED) is 0.0480. The van der Waals surface area contributed by atoms with Crippen LogP contribution in [0.2, 0.25) is 0 Å². The Hall–Kier alpha value is -6.30. The van der Waals surface area contributed by atoms with Gasteiger partial charge in [0.1, 0.15) is 17.8 Å². The monoisotopic (exact) mass is 1100 g/mol. The van der Waals surface area contributed by atoms with Gasteiger partial charge in [0.2, 0.25) is 17.7 Å². The van der Waals surface area contributed by atoms with Crippen molar-refractivity contribution in [1.82, 2.24) is 35.8 Å². The number of thiazole rings is 1. The number of β-amino-alcohol motifs (C(OH)–C–C–N with tert-alkyl or cyclic N) is 1. The highest BCUT2D eigenvalue weighted by Gasteiger charge is 2.44. The van der Waals surface area contributed by atoms with Crippen LogP contribution in [0.15, 0.2) is 72.3 Å². The van der Waals surface area contributed by atoms with E-state index in [4.69, 9.17) is 28.5 Å². The predicted octanol–water partition coefficient (Wildman–Crippen LogP) is 4.81. The Balaban J connectivity index is 0.683. The lowest BCUT2D eigenvalue weighted by Crippen LogP contribution is -2.57. The van der Waals surface area contributed by atoms with Crippen molar-refractivity contribution in [3.63, 3.8) is 0 Å². The van der Waals surface area contributed by atoms with Gasteiger partial charge in [-0.3, -0.25) is 24.0 Å². The summed E-state index contributed by atoms with van der Waals surface area (Å²) < 4.78 is 28.0. The van der Waals surface area contributed by atoms with Gasteiger partial charge in [0.25, 0.3) is 11.8 Å². The van der Waals surface area contributed by atoms with Gasteiger partial charge in [-0.05, 0) is 77.8 Å². The summed E-state index contributed by atoms with van der Waals surface area (Å²) in [6.07, 6.45) is 2.89. The molecule has 2 aliphatic heterocycles. The van der Waals surface area contributed by atoms with E-state index in [2.05, 4.69) is 20.9 Å². The molecule has 21 heteroatoms. The van der Waals surface area contributed by atoms with Crippen LogP contribution in [-0.4, -0.2) is 178 Å². The lowest BCUT2D eigenvalue weighted by Gasteiger charge is -2.35. The number of hydroxylamine groups is 2. The summed E-state index contributed by atoms with van der Waals surface area (Å²) in [5.41, 5.74) is 7.68. The first kappa shape index (κ1) is 59.4. The van der Waals surface area contributed by atoms with Gasteiger partial charge in [-0.15, -0.1) is 16.4 Å². The predicted molar refractivity (Wildman–Crippen MR) is 292 cm³/mol. The van der Waals surface area contributed by atoms with Gasteiger partial charge in [-0.1, -0.05) is 57.2 Å². The van der Waals surface area contributed by atoms with Gasteiger partial charge in [0.15, 0.2) is 5.76 Å². The van der Waals surface area contributed by atoms with Crippen molar-refractivity contribution < 1.29 is 62.7 Å². The fraction of sp³-hybridized carbons (Fsp3) is 0.509. The third kappa shape index (κ3) is 16.4. The Morgan fingerprint density at radius 1 is 0.846 bits per heavy atom. The van der Waals surface area contributed by atoms with Crippen LogP contribution in [0, 0.1) is 12.3 Å². The number of phenolic OH excluding ortho intramolecular Hbond substituents is 1. The number of fused-ring (bicyclic) bond motifs is 1. The van der Waals surface area contributed by atoms with Crippen molar-refractivity contribution in [1.29, 1.82) is 0 Å². The molecule has 5 N–H and O–H groups in total. The number of hydrogen-bond acceptors (Lipinski definition) is 16. The molecular formula is C57H75N7O13S. The van der Waals surface area contributed by atoms with E-state index < -0.39 is 29.5 Å². The normalized spacial score (nSPS) is 17.6. The average Bonchev–Trinajstić information content (AvgIpc) is 4.27. The van der Waals surface area contributed by atoms with Crippen LogP contribution >= 0.6 is 11.3 Å². The standard InChI is InChI=1S/C57H75N7O13S/c1-37-51(78-36-60-37)40-9-7-38(8-10-40)34-59-54(69)47-33-43(65)35-63(47)56(71)52(57(2,3)4)61-50(67)18-21-72-23-25-74-27-29-76-30-28-75-26-24-73-22-19-58-53(68)42-12-11-39-14-16-46(45(39)31-42)64-20-17-49(77-64)41-13-15-44(48(66)32-41)55(70)62(5)6/h7-13,15,17,31-32,36,43,46-47,52,65-66H,14,16,18-30,33-35H2,1-6H3,(H,58,68)(H,59,69)(H,61,67)/t43-,46-,47+,52-/m1/s1. The molecule has 0 bridgehead atoms. The van der Waals surface area contributed by atoms with Gasteiger partial charge >= 0.3 is 0 Å². The molecule has 4 atom stereocenters. The highest BCUT2D eigenvalue weighted by molar-refractivity contribution is 7.13. The SMILES string of the molecule is Cc1ncsc1-c1ccc(CNC(=O)[C@@H]2C[C@@H](O)CN2C(=O)[C@@H](NC(=O)CCOCCOCCOCCOCCOCCNC(=O)c2ccc3c(c2)[C@H](N2CC=C(c4ccc(C(=O)N(C)C)c(O)c4)O2)CC3)C(C)(C)C)cc1. The third-order valence-corrected chi connectivity index (χ3v) is 14.6. The molecule has 0 unspecified atom stereocenters. The zero-order chi connectivity index (χ0) is 55.8.